The molecule has 0 saturated carbocycles. The average molecular weight is 423 g/mol. The number of ether oxygens (including phenoxy) is 1. The highest BCUT2D eigenvalue weighted by Gasteiger charge is 2.08. The topological polar surface area (TPSA) is 134 Å². The van der Waals surface area contributed by atoms with E-state index in [-0.39, 0.29) is 5.91 Å². The van der Waals surface area contributed by atoms with E-state index in [1.165, 1.54) is 18.3 Å². The van der Waals surface area contributed by atoms with E-state index >= 15 is 0 Å². The fourth-order valence-corrected chi connectivity index (χ4v) is 3.21. The summed E-state index contributed by atoms with van der Waals surface area (Å²) in [6.07, 6.45) is 0. The third-order valence-corrected chi connectivity index (χ3v) is 4.60. The van der Waals surface area contributed by atoms with Gasteiger partial charge in [-0.05, 0) is 43.3 Å². The second kappa shape index (κ2) is 8.17. The maximum atomic E-state index is 12.0. The zero-order valence-corrected chi connectivity index (χ0v) is 16.8. The molecule has 3 amide bonds. The van der Waals surface area contributed by atoms with Crippen molar-refractivity contribution < 1.29 is 14.3 Å². The number of H-pyrrole nitrogens is 1. The second-order valence-electron chi connectivity index (χ2n) is 6.28. The van der Waals surface area contributed by atoms with Crippen LogP contribution in [0.5, 0.6) is 11.5 Å². The first-order valence-electron chi connectivity index (χ1n) is 8.88. The minimum atomic E-state index is -0.403. The number of rotatable bonds is 5. The Morgan fingerprint density at radius 3 is 2.47 bits per heavy atom. The molecule has 0 aliphatic heterocycles. The molecule has 0 aliphatic carbocycles. The first-order chi connectivity index (χ1) is 14.4. The Bertz CT molecular complexity index is 1220. The van der Waals surface area contributed by atoms with Gasteiger partial charge in [0.05, 0.1) is 11.0 Å². The molecule has 2 aromatic heterocycles. The number of aromatic nitrogens is 4. The van der Waals surface area contributed by atoms with Crippen LogP contribution < -0.4 is 20.7 Å². The summed E-state index contributed by atoms with van der Waals surface area (Å²) in [6.45, 7) is 3.23. The number of nitrogens with zero attached hydrogens (tertiary/aromatic N) is 3. The van der Waals surface area contributed by atoms with Crippen LogP contribution in [0.1, 0.15) is 11.9 Å². The third-order valence-electron chi connectivity index (χ3n) is 3.84. The molecule has 2 aromatic carbocycles. The number of hydrogen-bond donors (Lipinski definition) is 4. The van der Waals surface area contributed by atoms with E-state index < -0.39 is 6.03 Å². The van der Waals surface area contributed by atoms with E-state index in [1.807, 2.05) is 6.92 Å². The predicted octanol–water partition coefficient (Wildman–Crippen LogP) is 4.12. The molecule has 152 valence electrons. The van der Waals surface area contributed by atoms with Gasteiger partial charge in [-0.25, -0.2) is 9.78 Å². The number of carbonyl (C=O) groups is 2. The highest BCUT2D eigenvalue weighted by atomic mass is 32.1. The van der Waals surface area contributed by atoms with Crippen molar-refractivity contribution in [2.75, 3.05) is 16.0 Å². The molecule has 0 spiro atoms. The summed E-state index contributed by atoms with van der Waals surface area (Å²) < 4.78 is 5.86. The van der Waals surface area contributed by atoms with Crippen LogP contribution in [-0.2, 0) is 4.79 Å². The molecule has 0 unspecified atom stereocenters. The molecule has 10 nitrogen and oxygen atoms in total. The highest BCUT2D eigenvalue weighted by molar-refractivity contribution is 7.15. The molecular formula is C19H17N7O3S. The van der Waals surface area contributed by atoms with Crippen LogP contribution in [-0.4, -0.2) is 32.1 Å². The average Bonchev–Trinajstić information content (AvgIpc) is 3.27. The first-order valence-corrected chi connectivity index (χ1v) is 9.70. The quantitative estimate of drug-likeness (QED) is 0.381. The van der Waals surface area contributed by atoms with E-state index in [0.29, 0.717) is 33.8 Å². The van der Waals surface area contributed by atoms with Crippen LogP contribution in [0.15, 0.2) is 42.5 Å². The number of aryl methyl sites for hydroxylation is 1. The monoisotopic (exact) mass is 423 g/mol. The highest BCUT2D eigenvalue weighted by Crippen LogP contribution is 2.26. The maximum Gasteiger partial charge on any atom is 0.325 e. The van der Waals surface area contributed by atoms with E-state index in [4.69, 9.17) is 4.74 Å². The molecule has 11 heteroatoms. The molecule has 0 radical (unpaired) electrons. The first kappa shape index (κ1) is 19.3. The van der Waals surface area contributed by atoms with Gasteiger partial charge in [0.1, 0.15) is 16.5 Å². The molecule has 0 bridgehead atoms. The summed E-state index contributed by atoms with van der Waals surface area (Å²) in [5.41, 5.74) is 2.05. The zero-order chi connectivity index (χ0) is 21.1. The standard InChI is InChI=1S/C19H17N7O3S/c1-10(27)20-17-22-15-8-7-14(9-16(15)23-17)29-13-5-3-12(4-6-13)21-18(28)24-19-26-25-11(2)30-19/h3-9H,1-2H3,(H2,20,22,23,27)(H2,21,24,26,28). The van der Waals surface area contributed by atoms with E-state index in [9.17, 15) is 9.59 Å². The zero-order valence-electron chi connectivity index (χ0n) is 16.0. The Balaban J connectivity index is 1.39. The van der Waals surface area contributed by atoms with Gasteiger partial charge in [-0.2, -0.15) is 0 Å². The fourth-order valence-electron chi connectivity index (χ4n) is 2.63. The number of benzene rings is 2. The van der Waals surface area contributed by atoms with Crippen molar-refractivity contribution in [3.63, 3.8) is 0 Å². The normalized spacial score (nSPS) is 10.6. The lowest BCUT2D eigenvalue weighted by Crippen LogP contribution is -2.19. The van der Waals surface area contributed by atoms with Gasteiger partial charge in [-0.3, -0.25) is 15.4 Å². The summed E-state index contributed by atoms with van der Waals surface area (Å²) in [7, 11) is 0. The maximum absolute atomic E-state index is 12.0. The summed E-state index contributed by atoms with van der Waals surface area (Å²) in [6, 6.07) is 11.9. The van der Waals surface area contributed by atoms with Crippen molar-refractivity contribution in [2.45, 2.75) is 13.8 Å². The number of anilines is 3. The number of carbonyl (C=O) groups excluding carboxylic acids is 2. The molecule has 4 rings (SSSR count). The number of nitrogens with one attached hydrogen (secondary N) is 4. The van der Waals surface area contributed by atoms with E-state index in [2.05, 4.69) is 36.1 Å². The number of hydrogen-bond acceptors (Lipinski definition) is 7. The van der Waals surface area contributed by atoms with Gasteiger partial charge in [0.15, 0.2) is 0 Å². The van der Waals surface area contributed by atoms with Crippen LogP contribution in [0.4, 0.5) is 21.6 Å². The Hall–Kier alpha value is -3.99. The second-order valence-corrected chi connectivity index (χ2v) is 7.46. The van der Waals surface area contributed by atoms with Gasteiger partial charge in [-0.15, -0.1) is 10.2 Å². The molecule has 0 saturated heterocycles. The molecular weight excluding hydrogens is 406 g/mol. The Morgan fingerprint density at radius 1 is 1.00 bits per heavy atom. The minimum absolute atomic E-state index is 0.202. The number of imidazole rings is 1. The summed E-state index contributed by atoms with van der Waals surface area (Å²) in [4.78, 5) is 30.5. The van der Waals surface area contributed by atoms with Crippen molar-refractivity contribution in [3.8, 4) is 11.5 Å². The van der Waals surface area contributed by atoms with Crippen LogP contribution in [0.25, 0.3) is 11.0 Å². The van der Waals surface area contributed by atoms with Crippen molar-refractivity contribution in [1.29, 1.82) is 0 Å². The number of amides is 3. The molecule has 2 heterocycles. The lowest BCUT2D eigenvalue weighted by Gasteiger charge is -2.08. The third kappa shape index (κ3) is 4.70. The smallest absolute Gasteiger partial charge is 0.325 e. The number of aromatic amines is 1. The van der Waals surface area contributed by atoms with Gasteiger partial charge in [0.2, 0.25) is 17.0 Å². The molecule has 0 atom stereocenters. The molecule has 0 aliphatic rings. The molecule has 4 aromatic rings. The van der Waals surface area contributed by atoms with Gasteiger partial charge in [-0.1, -0.05) is 11.3 Å². The Morgan fingerprint density at radius 2 is 1.77 bits per heavy atom. The molecule has 4 N–H and O–H groups in total. The van der Waals surface area contributed by atoms with Crippen molar-refractivity contribution >= 4 is 51.1 Å². The fraction of sp³-hybridized carbons (Fsp3) is 0.105. The van der Waals surface area contributed by atoms with E-state index in [1.54, 1.807) is 42.5 Å². The minimum Gasteiger partial charge on any atom is -0.457 e. The lowest BCUT2D eigenvalue weighted by molar-refractivity contribution is -0.114. The van der Waals surface area contributed by atoms with E-state index in [0.717, 1.165) is 10.5 Å². The van der Waals surface area contributed by atoms with Crippen LogP contribution >= 0.6 is 11.3 Å². The molecule has 30 heavy (non-hydrogen) atoms. The van der Waals surface area contributed by atoms with Crippen LogP contribution in [0, 0.1) is 6.92 Å². The van der Waals surface area contributed by atoms with Crippen molar-refractivity contribution in [3.05, 3.63) is 47.5 Å². The SMILES string of the molecule is CC(=O)Nc1nc2ccc(Oc3ccc(NC(=O)Nc4nnc(C)s4)cc3)cc2[nH]1. The Kier molecular flexibility index (Phi) is 5.26. The lowest BCUT2D eigenvalue weighted by atomic mass is 10.3. The predicted molar refractivity (Wildman–Crippen MR) is 114 cm³/mol. The molecule has 0 fully saturated rings. The Labute approximate surface area is 174 Å². The van der Waals surface area contributed by atoms with Crippen molar-refractivity contribution in [1.82, 2.24) is 20.2 Å². The largest absolute Gasteiger partial charge is 0.457 e. The summed E-state index contributed by atoms with van der Waals surface area (Å²) in [5.74, 6) is 1.38. The van der Waals surface area contributed by atoms with Gasteiger partial charge in [0, 0.05) is 18.7 Å². The van der Waals surface area contributed by atoms with Gasteiger partial charge < -0.3 is 15.0 Å². The number of urea groups is 1. The van der Waals surface area contributed by atoms with Crippen LogP contribution in [0.2, 0.25) is 0 Å². The number of fused-ring (bicyclic) bond motifs is 1. The summed E-state index contributed by atoms with van der Waals surface area (Å²) in [5, 5.41) is 16.8. The van der Waals surface area contributed by atoms with Gasteiger partial charge >= 0.3 is 6.03 Å². The van der Waals surface area contributed by atoms with Gasteiger partial charge in [0.25, 0.3) is 0 Å². The summed E-state index contributed by atoms with van der Waals surface area (Å²) >= 11 is 1.29. The van der Waals surface area contributed by atoms with Crippen LogP contribution in [0.3, 0.4) is 0 Å². The van der Waals surface area contributed by atoms with Crippen molar-refractivity contribution in [2.24, 2.45) is 0 Å².